The van der Waals surface area contributed by atoms with Crippen molar-refractivity contribution in [2.45, 2.75) is 18.2 Å². The molecule has 0 aromatic heterocycles. The molecule has 4 nitrogen and oxygen atoms in total. The van der Waals surface area contributed by atoms with E-state index in [1.165, 1.54) is 23.8 Å². The lowest BCUT2D eigenvalue weighted by Gasteiger charge is -2.08. The van der Waals surface area contributed by atoms with Crippen molar-refractivity contribution in [1.29, 1.82) is 0 Å². The van der Waals surface area contributed by atoms with Crippen LogP contribution in [-0.4, -0.2) is 22.7 Å². The summed E-state index contributed by atoms with van der Waals surface area (Å²) < 4.78 is 0. The number of halogens is 1. The fraction of sp³-hybridized carbons (Fsp3) is 0.176. The summed E-state index contributed by atoms with van der Waals surface area (Å²) in [5.41, 5.74) is 1.59. The molecule has 0 aliphatic rings. The van der Waals surface area contributed by atoms with Crippen LogP contribution in [0.4, 0.5) is 5.69 Å². The number of amides is 1. The molecule has 0 saturated carbocycles. The normalized spacial score (nSPS) is 10.3. The van der Waals surface area contributed by atoms with E-state index < -0.39 is 5.97 Å². The molecule has 120 valence electrons. The Morgan fingerprint density at radius 1 is 1.17 bits per heavy atom. The lowest BCUT2D eigenvalue weighted by atomic mass is 10.2. The van der Waals surface area contributed by atoms with Crippen molar-refractivity contribution in [2.75, 3.05) is 11.1 Å². The highest BCUT2D eigenvalue weighted by atomic mass is 35.5. The van der Waals surface area contributed by atoms with Gasteiger partial charge in [0.1, 0.15) is 0 Å². The second kappa shape index (κ2) is 8.04. The molecule has 2 aromatic carbocycles. The molecule has 0 aliphatic heterocycles. The average Bonchev–Trinajstić information content (AvgIpc) is 2.51. The summed E-state index contributed by atoms with van der Waals surface area (Å²) in [6.45, 7) is 2.02. The van der Waals surface area contributed by atoms with Gasteiger partial charge < -0.3 is 10.4 Å². The van der Waals surface area contributed by atoms with Crippen molar-refractivity contribution in [2.24, 2.45) is 0 Å². The zero-order chi connectivity index (χ0) is 16.8. The number of thioether (sulfide) groups is 1. The van der Waals surface area contributed by atoms with Gasteiger partial charge >= 0.3 is 5.97 Å². The van der Waals surface area contributed by atoms with Crippen LogP contribution in [0.15, 0.2) is 47.4 Å². The molecular formula is C17H16ClNO3S. The number of carbonyl (C=O) groups excluding carboxylic acids is 1. The summed E-state index contributed by atoms with van der Waals surface area (Å²) in [6.07, 6.45) is 0.312. The molecule has 0 unspecified atom stereocenters. The first-order valence-corrected chi connectivity index (χ1v) is 8.34. The Bertz CT molecular complexity index is 716. The summed E-state index contributed by atoms with van der Waals surface area (Å²) in [5.74, 6) is -0.633. The van der Waals surface area contributed by atoms with Crippen molar-refractivity contribution in [3.05, 3.63) is 58.6 Å². The first-order chi connectivity index (χ1) is 11.0. The van der Waals surface area contributed by atoms with Crippen molar-refractivity contribution in [3.8, 4) is 0 Å². The van der Waals surface area contributed by atoms with Crippen LogP contribution in [-0.2, 0) is 4.79 Å². The van der Waals surface area contributed by atoms with Gasteiger partial charge in [-0.3, -0.25) is 4.79 Å². The SMILES string of the molecule is Cc1ccc(SCCC(=O)Nc2cc(C(=O)O)ccc2Cl)cc1. The maximum atomic E-state index is 12.0. The van der Waals surface area contributed by atoms with E-state index in [-0.39, 0.29) is 11.5 Å². The molecule has 0 aliphatic carbocycles. The van der Waals surface area contributed by atoms with E-state index in [0.29, 0.717) is 22.9 Å². The van der Waals surface area contributed by atoms with Gasteiger partial charge in [0.2, 0.25) is 5.91 Å². The number of aromatic carboxylic acids is 1. The number of hydrogen-bond acceptors (Lipinski definition) is 3. The quantitative estimate of drug-likeness (QED) is 0.755. The fourth-order valence-electron chi connectivity index (χ4n) is 1.86. The van der Waals surface area contributed by atoms with Gasteiger partial charge in [-0.25, -0.2) is 4.79 Å². The Balaban J connectivity index is 1.88. The van der Waals surface area contributed by atoms with Crippen molar-refractivity contribution < 1.29 is 14.7 Å². The van der Waals surface area contributed by atoms with Crippen LogP contribution < -0.4 is 5.32 Å². The Labute approximate surface area is 143 Å². The maximum absolute atomic E-state index is 12.0. The van der Waals surface area contributed by atoms with E-state index in [2.05, 4.69) is 5.32 Å². The van der Waals surface area contributed by atoms with E-state index in [1.54, 1.807) is 11.8 Å². The number of aryl methyl sites for hydroxylation is 1. The van der Waals surface area contributed by atoms with Gasteiger partial charge in [0, 0.05) is 17.1 Å². The first-order valence-electron chi connectivity index (χ1n) is 6.98. The summed E-state index contributed by atoms with van der Waals surface area (Å²) in [7, 11) is 0. The van der Waals surface area contributed by atoms with Crippen molar-refractivity contribution >= 4 is 40.9 Å². The number of carboxylic acid groups (broad SMARTS) is 1. The topological polar surface area (TPSA) is 66.4 Å². The number of benzene rings is 2. The molecule has 6 heteroatoms. The standard InChI is InChI=1S/C17H16ClNO3S/c1-11-2-5-13(6-3-11)23-9-8-16(20)19-15-10-12(17(21)22)4-7-14(15)18/h2-7,10H,8-9H2,1H3,(H,19,20)(H,21,22). The summed E-state index contributed by atoms with van der Waals surface area (Å²) in [5, 5.41) is 11.9. The Hall–Kier alpha value is -1.98. The zero-order valence-electron chi connectivity index (χ0n) is 12.5. The summed E-state index contributed by atoms with van der Waals surface area (Å²) >= 11 is 7.57. The molecule has 0 bridgehead atoms. The van der Waals surface area contributed by atoms with Gasteiger partial charge in [-0.1, -0.05) is 29.3 Å². The molecule has 23 heavy (non-hydrogen) atoms. The lowest BCUT2D eigenvalue weighted by molar-refractivity contribution is -0.115. The van der Waals surface area contributed by atoms with Gasteiger partial charge in [-0.15, -0.1) is 11.8 Å². The molecule has 0 fully saturated rings. The van der Waals surface area contributed by atoms with Gasteiger partial charge in [0.15, 0.2) is 0 Å². The van der Waals surface area contributed by atoms with Crippen LogP contribution >= 0.6 is 23.4 Å². The van der Waals surface area contributed by atoms with E-state index >= 15 is 0 Å². The number of carboxylic acids is 1. The largest absolute Gasteiger partial charge is 0.478 e. The fourth-order valence-corrected chi connectivity index (χ4v) is 2.88. The minimum absolute atomic E-state index is 0.0822. The Kier molecular flexibility index (Phi) is 6.07. The molecule has 0 saturated heterocycles. The highest BCUT2D eigenvalue weighted by molar-refractivity contribution is 7.99. The molecule has 1 amide bonds. The predicted molar refractivity (Wildman–Crippen MR) is 93.6 cm³/mol. The first kappa shape index (κ1) is 17.4. The molecule has 2 rings (SSSR count). The highest BCUT2D eigenvalue weighted by Gasteiger charge is 2.10. The predicted octanol–water partition coefficient (Wildman–Crippen LogP) is 4.47. The highest BCUT2D eigenvalue weighted by Crippen LogP contribution is 2.24. The zero-order valence-corrected chi connectivity index (χ0v) is 14.1. The van der Waals surface area contributed by atoms with Crippen LogP contribution in [0.2, 0.25) is 5.02 Å². The molecule has 0 atom stereocenters. The number of anilines is 1. The molecule has 0 heterocycles. The average molecular weight is 350 g/mol. The summed E-state index contributed by atoms with van der Waals surface area (Å²) in [6, 6.07) is 12.3. The van der Waals surface area contributed by atoms with Crippen molar-refractivity contribution in [3.63, 3.8) is 0 Å². The van der Waals surface area contributed by atoms with Crippen LogP contribution in [0.5, 0.6) is 0 Å². The Morgan fingerprint density at radius 3 is 2.52 bits per heavy atom. The molecule has 0 radical (unpaired) electrons. The van der Waals surface area contributed by atoms with Gasteiger partial charge in [0.25, 0.3) is 0 Å². The third-order valence-electron chi connectivity index (χ3n) is 3.11. The minimum atomic E-state index is -1.06. The maximum Gasteiger partial charge on any atom is 0.335 e. The molecule has 2 aromatic rings. The number of carbonyl (C=O) groups is 2. The third kappa shape index (κ3) is 5.30. The van der Waals surface area contributed by atoms with E-state index in [1.807, 2.05) is 31.2 Å². The van der Waals surface area contributed by atoms with E-state index in [0.717, 1.165) is 4.90 Å². The Morgan fingerprint density at radius 2 is 1.87 bits per heavy atom. The number of hydrogen-bond donors (Lipinski definition) is 2. The molecular weight excluding hydrogens is 334 g/mol. The smallest absolute Gasteiger partial charge is 0.335 e. The van der Waals surface area contributed by atoms with Crippen molar-refractivity contribution in [1.82, 2.24) is 0 Å². The van der Waals surface area contributed by atoms with Gasteiger partial charge in [0.05, 0.1) is 16.3 Å². The monoisotopic (exact) mass is 349 g/mol. The van der Waals surface area contributed by atoms with Crippen LogP contribution in [0.25, 0.3) is 0 Å². The van der Waals surface area contributed by atoms with E-state index in [9.17, 15) is 9.59 Å². The molecule has 0 spiro atoms. The summed E-state index contributed by atoms with van der Waals surface area (Å²) in [4.78, 5) is 24.0. The number of rotatable bonds is 6. The van der Waals surface area contributed by atoms with Crippen LogP contribution in [0.1, 0.15) is 22.3 Å². The second-order valence-corrected chi connectivity index (χ2v) is 6.53. The van der Waals surface area contributed by atoms with Crippen LogP contribution in [0.3, 0.4) is 0 Å². The van der Waals surface area contributed by atoms with Gasteiger partial charge in [-0.2, -0.15) is 0 Å². The minimum Gasteiger partial charge on any atom is -0.478 e. The van der Waals surface area contributed by atoms with Gasteiger partial charge in [-0.05, 0) is 37.3 Å². The number of nitrogens with one attached hydrogen (secondary N) is 1. The molecule has 2 N–H and O–H groups in total. The second-order valence-electron chi connectivity index (χ2n) is 4.96. The lowest BCUT2D eigenvalue weighted by Crippen LogP contribution is -2.13. The van der Waals surface area contributed by atoms with Crippen LogP contribution in [0, 0.1) is 6.92 Å². The third-order valence-corrected chi connectivity index (χ3v) is 4.45. The van der Waals surface area contributed by atoms with E-state index in [4.69, 9.17) is 16.7 Å².